The first-order valence-corrected chi connectivity index (χ1v) is 9.90. The molecule has 0 saturated heterocycles. The Kier molecular flexibility index (Phi) is 5.04. The van der Waals surface area contributed by atoms with Gasteiger partial charge < -0.3 is 4.74 Å². The fourth-order valence-corrected chi connectivity index (χ4v) is 3.85. The van der Waals surface area contributed by atoms with Gasteiger partial charge in [-0.25, -0.2) is 14.8 Å². The molecule has 5 nitrogen and oxygen atoms in total. The maximum absolute atomic E-state index is 12.0. The lowest BCUT2D eigenvalue weighted by Crippen LogP contribution is -2.05. The Labute approximate surface area is 167 Å². The van der Waals surface area contributed by atoms with E-state index in [1.165, 1.54) is 11.3 Å². The van der Waals surface area contributed by atoms with Gasteiger partial charge in [-0.2, -0.15) is 0 Å². The number of rotatable bonds is 5. The van der Waals surface area contributed by atoms with Crippen LogP contribution in [0, 0.1) is 6.92 Å². The van der Waals surface area contributed by atoms with E-state index < -0.39 is 5.97 Å². The largest absolute Gasteiger partial charge is 0.461 e. The number of carbonyl (C=O) groups is 1. The normalized spacial score (nSPS) is 10.8. The van der Waals surface area contributed by atoms with E-state index in [1.807, 2.05) is 67.6 Å². The second-order valence-electron chi connectivity index (χ2n) is 6.16. The average Bonchev–Trinajstić information content (AvgIpc) is 3.34. The number of esters is 1. The molecule has 0 N–H and O–H groups in total. The van der Waals surface area contributed by atoms with Crippen molar-refractivity contribution in [2.24, 2.45) is 0 Å². The Bertz CT molecular complexity index is 1100. The van der Waals surface area contributed by atoms with Crippen LogP contribution < -0.4 is 0 Å². The molecule has 4 rings (SSSR count). The molecule has 0 atom stereocenters. The Morgan fingerprint density at radius 1 is 1.04 bits per heavy atom. The standard InChI is InChI=1S/C22H19N3O2S/c1-3-27-22(26)18-14-28-21(23-18)20-24-19(16-10-6-4-7-11-16)15(2)25(20)17-12-8-5-9-13-17/h4-14H,3H2,1-2H3. The van der Waals surface area contributed by atoms with Gasteiger partial charge in [-0.05, 0) is 26.0 Å². The van der Waals surface area contributed by atoms with Gasteiger partial charge in [0.15, 0.2) is 16.5 Å². The van der Waals surface area contributed by atoms with E-state index in [0.717, 1.165) is 22.6 Å². The van der Waals surface area contributed by atoms with Crippen molar-refractivity contribution in [3.05, 3.63) is 77.4 Å². The monoisotopic (exact) mass is 389 g/mol. The van der Waals surface area contributed by atoms with E-state index in [1.54, 1.807) is 12.3 Å². The molecule has 2 heterocycles. The first-order chi connectivity index (χ1) is 13.7. The number of aromatic nitrogens is 3. The third kappa shape index (κ3) is 3.34. The minimum atomic E-state index is -0.414. The van der Waals surface area contributed by atoms with E-state index in [4.69, 9.17) is 9.72 Å². The van der Waals surface area contributed by atoms with Gasteiger partial charge in [-0.1, -0.05) is 48.5 Å². The lowest BCUT2D eigenvalue weighted by molar-refractivity contribution is 0.0520. The molecule has 0 aliphatic rings. The van der Waals surface area contributed by atoms with Gasteiger partial charge in [0.25, 0.3) is 0 Å². The maximum Gasteiger partial charge on any atom is 0.357 e. The van der Waals surface area contributed by atoms with E-state index in [9.17, 15) is 4.79 Å². The molecule has 6 heteroatoms. The Morgan fingerprint density at radius 3 is 2.39 bits per heavy atom. The van der Waals surface area contributed by atoms with Crippen LogP contribution in [0.15, 0.2) is 66.0 Å². The highest BCUT2D eigenvalue weighted by Crippen LogP contribution is 2.33. The summed E-state index contributed by atoms with van der Waals surface area (Å²) in [4.78, 5) is 21.4. The Hall–Kier alpha value is -3.25. The molecule has 2 aromatic carbocycles. The second-order valence-corrected chi connectivity index (χ2v) is 7.02. The second kappa shape index (κ2) is 7.78. The number of hydrogen-bond donors (Lipinski definition) is 0. The van der Waals surface area contributed by atoms with Crippen molar-refractivity contribution in [2.75, 3.05) is 6.61 Å². The van der Waals surface area contributed by atoms with Crippen molar-refractivity contribution < 1.29 is 9.53 Å². The first-order valence-electron chi connectivity index (χ1n) is 9.02. The summed E-state index contributed by atoms with van der Waals surface area (Å²) in [6.45, 7) is 4.15. The first kappa shape index (κ1) is 18.1. The smallest absolute Gasteiger partial charge is 0.357 e. The van der Waals surface area contributed by atoms with Crippen molar-refractivity contribution in [3.63, 3.8) is 0 Å². The van der Waals surface area contributed by atoms with Gasteiger partial charge in [0.2, 0.25) is 0 Å². The predicted octanol–water partition coefficient (Wildman–Crippen LogP) is 5.15. The maximum atomic E-state index is 12.0. The van der Waals surface area contributed by atoms with Crippen molar-refractivity contribution in [3.8, 4) is 27.8 Å². The van der Waals surface area contributed by atoms with E-state index in [0.29, 0.717) is 23.1 Å². The molecule has 0 aliphatic carbocycles. The molecule has 0 spiro atoms. The van der Waals surface area contributed by atoms with Gasteiger partial charge >= 0.3 is 5.97 Å². The molecule has 4 aromatic rings. The summed E-state index contributed by atoms with van der Waals surface area (Å²) in [5.41, 5.74) is 4.26. The molecule has 2 aromatic heterocycles. The quantitative estimate of drug-likeness (QED) is 0.443. The number of imidazole rings is 1. The number of hydrogen-bond acceptors (Lipinski definition) is 5. The van der Waals surface area contributed by atoms with Crippen LogP contribution in [-0.2, 0) is 4.74 Å². The number of carbonyl (C=O) groups excluding carboxylic acids is 1. The van der Waals surface area contributed by atoms with Crippen LogP contribution in [0.25, 0.3) is 27.8 Å². The minimum absolute atomic E-state index is 0.309. The average molecular weight is 389 g/mol. The van der Waals surface area contributed by atoms with Crippen molar-refractivity contribution in [1.82, 2.24) is 14.5 Å². The number of ether oxygens (including phenoxy) is 1. The van der Waals surface area contributed by atoms with Gasteiger partial charge in [0.1, 0.15) is 0 Å². The van der Waals surface area contributed by atoms with Crippen LogP contribution in [0.2, 0.25) is 0 Å². The van der Waals surface area contributed by atoms with Gasteiger partial charge in [-0.15, -0.1) is 11.3 Å². The van der Waals surface area contributed by atoms with Crippen LogP contribution in [0.5, 0.6) is 0 Å². The summed E-state index contributed by atoms with van der Waals surface area (Å²) in [5.74, 6) is 0.297. The number of benzene rings is 2. The predicted molar refractivity (Wildman–Crippen MR) is 111 cm³/mol. The SMILES string of the molecule is CCOC(=O)c1csc(-c2nc(-c3ccccc3)c(C)n2-c2ccccc2)n1. The Morgan fingerprint density at radius 2 is 1.71 bits per heavy atom. The summed E-state index contributed by atoms with van der Waals surface area (Å²) in [7, 11) is 0. The summed E-state index contributed by atoms with van der Waals surface area (Å²) < 4.78 is 7.15. The molecule has 28 heavy (non-hydrogen) atoms. The number of nitrogens with zero attached hydrogens (tertiary/aromatic N) is 3. The van der Waals surface area contributed by atoms with Gasteiger partial charge in [0, 0.05) is 22.3 Å². The molecule has 0 fully saturated rings. The molecule has 0 unspecified atom stereocenters. The van der Waals surface area contributed by atoms with Crippen molar-refractivity contribution in [2.45, 2.75) is 13.8 Å². The molecular formula is C22H19N3O2S. The van der Waals surface area contributed by atoms with Crippen LogP contribution in [0.1, 0.15) is 23.1 Å². The molecule has 0 saturated carbocycles. The minimum Gasteiger partial charge on any atom is -0.461 e. The van der Waals surface area contributed by atoms with Crippen LogP contribution in [0.4, 0.5) is 0 Å². The molecule has 0 amide bonds. The summed E-state index contributed by atoms with van der Waals surface area (Å²) in [6.07, 6.45) is 0. The van der Waals surface area contributed by atoms with E-state index in [2.05, 4.69) is 9.55 Å². The molecule has 0 aliphatic heterocycles. The van der Waals surface area contributed by atoms with Crippen molar-refractivity contribution in [1.29, 1.82) is 0 Å². The molecule has 140 valence electrons. The van der Waals surface area contributed by atoms with E-state index >= 15 is 0 Å². The topological polar surface area (TPSA) is 57.0 Å². The van der Waals surface area contributed by atoms with E-state index in [-0.39, 0.29) is 0 Å². The van der Waals surface area contributed by atoms with Crippen LogP contribution in [0.3, 0.4) is 0 Å². The van der Waals surface area contributed by atoms with Gasteiger partial charge in [0.05, 0.1) is 12.3 Å². The molecular weight excluding hydrogens is 370 g/mol. The summed E-state index contributed by atoms with van der Waals surface area (Å²) >= 11 is 1.39. The van der Waals surface area contributed by atoms with Crippen LogP contribution in [-0.4, -0.2) is 27.1 Å². The highest BCUT2D eigenvalue weighted by Gasteiger charge is 2.21. The zero-order valence-electron chi connectivity index (χ0n) is 15.6. The zero-order valence-corrected chi connectivity index (χ0v) is 16.4. The highest BCUT2D eigenvalue weighted by molar-refractivity contribution is 7.13. The highest BCUT2D eigenvalue weighted by atomic mass is 32.1. The zero-order chi connectivity index (χ0) is 19.5. The van der Waals surface area contributed by atoms with Crippen molar-refractivity contribution >= 4 is 17.3 Å². The third-order valence-corrected chi connectivity index (χ3v) is 5.19. The lowest BCUT2D eigenvalue weighted by atomic mass is 10.1. The molecule has 0 bridgehead atoms. The summed E-state index contributed by atoms with van der Waals surface area (Å²) in [5, 5.41) is 2.40. The Balaban J connectivity index is 1.88. The summed E-state index contributed by atoms with van der Waals surface area (Å²) in [6, 6.07) is 20.1. The fraction of sp³-hybridized carbons (Fsp3) is 0.136. The lowest BCUT2D eigenvalue weighted by Gasteiger charge is -2.09. The van der Waals surface area contributed by atoms with Gasteiger partial charge in [-0.3, -0.25) is 4.57 Å². The van der Waals surface area contributed by atoms with Crippen LogP contribution >= 0.6 is 11.3 Å². The fourth-order valence-electron chi connectivity index (χ4n) is 3.08. The molecule has 0 radical (unpaired) electrons. The number of para-hydroxylation sites is 1. The third-order valence-electron chi connectivity index (χ3n) is 4.35. The number of thiazole rings is 1.